The molecule has 100 valence electrons. The molecule has 0 saturated heterocycles. The third-order valence-corrected chi connectivity index (χ3v) is 3.81. The third kappa shape index (κ3) is 3.75. The number of hydrogen-bond acceptors (Lipinski definition) is 4. The fraction of sp³-hybridized carbons (Fsp3) is 0.231. The topological polar surface area (TPSA) is 55.2 Å². The second-order valence-corrected chi connectivity index (χ2v) is 5.71. The highest BCUT2D eigenvalue weighted by Gasteiger charge is 2.13. The quantitative estimate of drug-likeness (QED) is 0.874. The van der Waals surface area contributed by atoms with Crippen LogP contribution in [0.2, 0.25) is 0 Å². The molecular weight excluding hydrogens is 376 g/mol. The molecule has 19 heavy (non-hydrogen) atoms. The number of benzene rings is 1. The fourth-order valence-corrected chi connectivity index (χ4v) is 2.99. The highest BCUT2D eigenvalue weighted by molar-refractivity contribution is 9.11. The molecule has 2 aromatic rings. The largest absolute Gasteiger partial charge is 0.481 e. The maximum Gasteiger partial charge on any atom is 0.216 e. The Kier molecular flexibility index (Phi) is 4.90. The van der Waals surface area contributed by atoms with E-state index in [2.05, 4.69) is 41.8 Å². The van der Waals surface area contributed by atoms with Gasteiger partial charge in [0, 0.05) is 21.4 Å². The van der Waals surface area contributed by atoms with Crippen molar-refractivity contribution < 1.29 is 9.84 Å². The molecule has 1 atom stereocenters. The van der Waals surface area contributed by atoms with Crippen LogP contribution in [0.1, 0.15) is 17.4 Å². The molecule has 0 spiro atoms. The lowest BCUT2D eigenvalue weighted by Crippen LogP contribution is -2.05. The van der Waals surface area contributed by atoms with E-state index in [-0.39, 0.29) is 0 Å². The first-order chi connectivity index (χ1) is 9.10. The van der Waals surface area contributed by atoms with Crippen LogP contribution in [0.25, 0.3) is 0 Å². The summed E-state index contributed by atoms with van der Waals surface area (Å²) in [4.78, 5) is 8.06. The first-order valence-electron chi connectivity index (χ1n) is 5.58. The molecule has 0 amide bonds. The zero-order valence-electron chi connectivity index (χ0n) is 10.2. The van der Waals surface area contributed by atoms with Crippen LogP contribution in [0.5, 0.6) is 5.88 Å². The summed E-state index contributed by atoms with van der Waals surface area (Å²) in [7, 11) is 1.55. The van der Waals surface area contributed by atoms with Crippen molar-refractivity contribution in [2.24, 2.45) is 0 Å². The zero-order valence-corrected chi connectivity index (χ0v) is 13.3. The maximum absolute atomic E-state index is 10.3. The predicted molar refractivity (Wildman–Crippen MR) is 79.1 cm³/mol. The first-order valence-corrected chi connectivity index (χ1v) is 7.16. The van der Waals surface area contributed by atoms with Crippen LogP contribution < -0.4 is 4.74 Å². The number of nitrogens with zero attached hydrogens (tertiary/aromatic N) is 2. The van der Waals surface area contributed by atoms with Crippen LogP contribution in [0.15, 0.2) is 39.5 Å². The Morgan fingerprint density at radius 1 is 1.26 bits per heavy atom. The van der Waals surface area contributed by atoms with Gasteiger partial charge in [-0.2, -0.15) is 0 Å². The van der Waals surface area contributed by atoms with Crippen LogP contribution in [-0.4, -0.2) is 22.2 Å². The number of methoxy groups -OCH3 is 1. The fourth-order valence-electron chi connectivity index (χ4n) is 1.68. The third-order valence-electron chi connectivity index (χ3n) is 2.63. The summed E-state index contributed by atoms with van der Waals surface area (Å²) in [5.41, 5.74) is 1.55. The van der Waals surface area contributed by atoms with E-state index in [0.29, 0.717) is 12.3 Å². The molecule has 4 nitrogen and oxygen atoms in total. The number of hydrogen-bond donors (Lipinski definition) is 1. The van der Waals surface area contributed by atoms with Crippen LogP contribution in [-0.2, 0) is 6.42 Å². The molecule has 1 heterocycles. The summed E-state index contributed by atoms with van der Waals surface area (Å²) in [6.07, 6.45) is 1.19. The van der Waals surface area contributed by atoms with Gasteiger partial charge in [0.25, 0.3) is 0 Å². The Bertz CT molecular complexity index is 578. The van der Waals surface area contributed by atoms with E-state index < -0.39 is 6.10 Å². The van der Waals surface area contributed by atoms with Crippen molar-refractivity contribution in [3.05, 3.63) is 50.8 Å². The minimum absolute atomic E-state index is 0.402. The molecule has 1 aromatic carbocycles. The molecule has 0 saturated carbocycles. The monoisotopic (exact) mass is 386 g/mol. The minimum Gasteiger partial charge on any atom is -0.481 e. The van der Waals surface area contributed by atoms with Gasteiger partial charge in [-0.3, -0.25) is 0 Å². The van der Waals surface area contributed by atoms with E-state index in [1.165, 1.54) is 6.33 Å². The lowest BCUT2D eigenvalue weighted by atomic mass is 10.1. The van der Waals surface area contributed by atoms with Crippen LogP contribution in [0.4, 0.5) is 0 Å². The second-order valence-electron chi connectivity index (χ2n) is 3.94. The SMILES string of the molecule is COc1cc(CC(O)c2ccc(Br)cc2Br)ncn1. The van der Waals surface area contributed by atoms with E-state index in [9.17, 15) is 5.11 Å². The van der Waals surface area contributed by atoms with E-state index in [0.717, 1.165) is 20.2 Å². The molecule has 0 aliphatic rings. The normalized spacial score (nSPS) is 12.2. The highest BCUT2D eigenvalue weighted by atomic mass is 79.9. The predicted octanol–water partition coefficient (Wildman–Crippen LogP) is 3.29. The average Bonchev–Trinajstić information content (AvgIpc) is 2.38. The van der Waals surface area contributed by atoms with Crippen molar-refractivity contribution in [2.45, 2.75) is 12.5 Å². The van der Waals surface area contributed by atoms with Gasteiger partial charge in [0.15, 0.2) is 0 Å². The van der Waals surface area contributed by atoms with E-state index in [1.54, 1.807) is 13.2 Å². The number of halogens is 2. The Morgan fingerprint density at radius 3 is 2.74 bits per heavy atom. The molecule has 6 heteroatoms. The van der Waals surface area contributed by atoms with Crippen LogP contribution >= 0.6 is 31.9 Å². The maximum atomic E-state index is 10.3. The van der Waals surface area contributed by atoms with Crippen LogP contribution in [0, 0.1) is 0 Å². The Labute approximate surface area is 128 Å². The zero-order chi connectivity index (χ0) is 13.8. The van der Waals surface area contributed by atoms with Crippen molar-refractivity contribution in [3.8, 4) is 5.88 Å². The molecule has 1 aromatic heterocycles. The first kappa shape index (κ1) is 14.4. The summed E-state index contributed by atoms with van der Waals surface area (Å²) in [6, 6.07) is 7.39. The van der Waals surface area contributed by atoms with Crippen molar-refractivity contribution in [1.29, 1.82) is 0 Å². The summed E-state index contributed by atoms with van der Waals surface area (Å²) in [5.74, 6) is 0.493. The number of ether oxygens (including phenoxy) is 1. The van der Waals surface area contributed by atoms with Gasteiger partial charge in [0.1, 0.15) is 6.33 Å². The lowest BCUT2D eigenvalue weighted by Gasteiger charge is -2.13. The van der Waals surface area contributed by atoms with Gasteiger partial charge in [-0.1, -0.05) is 37.9 Å². The number of aliphatic hydroxyl groups is 1. The van der Waals surface area contributed by atoms with E-state index in [4.69, 9.17) is 4.74 Å². The molecule has 0 fully saturated rings. The Balaban J connectivity index is 2.17. The highest BCUT2D eigenvalue weighted by Crippen LogP contribution is 2.28. The number of aromatic nitrogens is 2. The van der Waals surface area contributed by atoms with Crippen molar-refractivity contribution in [3.63, 3.8) is 0 Å². The van der Waals surface area contributed by atoms with E-state index >= 15 is 0 Å². The van der Waals surface area contributed by atoms with Crippen molar-refractivity contribution in [1.82, 2.24) is 9.97 Å². The van der Waals surface area contributed by atoms with Crippen molar-refractivity contribution >= 4 is 31.9 Å². The Hall–Kier alpha value is -0.980. The van der Waals surface area contributed by atoms with E-state index in [1.807, 2.05) is 18.2 Å². The van der Waals surface area contributed by atoms with Gasteiger partial charge in [-0.15, -0.1) is 0 Å². The molecule has 0 aliphatic heterocycles. The number of aliphatic hydroxyl groups excluding tert-OH is 1. The van der Waals surface area contributed by atoms with Gasteiger partial charge in [0.2, 0.25) is 5.88 Å². The molecule has 1 unspecified atom stereocenters. The van der Waals surface area contributed by atoms with Crippen molar-refractivity contribution in [2.75, 3.05) is 7.11 Å². The average molecular weight is 388 g/mol. The summed E-state index contributed by atoms with van der Waals surface area (Å²) < 4.78 is 6.85. The minimum atomic E-state index is -0.637. The summed E-state index contributed by atoms with van der Waals surface area (Å²) >= 11 is 6.82. The Morgan fingerprint density at radius 2 is 2.05 bits per heavy atom. The van der Waals surface area contributed by atoms with Gasteiger partial charge in [-0.25, -0.2) is 9.97 Å². The molecular formula is C13H12Br2N2O2. The van der Waals surface area contributed by atoms with Gasteiger partial charge >= 0.3 is 0 Å². The van der Waals surface area contributed by atoms with Gasteiger partial charge in [0.05, 0.1) is 18.9 Å². The lowest BCUT2D eigenvalue weighted by molar-refractivity contribution is 0.176. The number of rotatable bonds is 4. The second kappa shape index (κ2) is 6.45. The summed E-state index contributed by atoms with van der Waals surface area (Å²) in [5, 5.41) is 10.3. The van der Waals surface area contributed by atoms with Gasteiger partial charge < -0.3 is 9.84 Å². The molecule has 1 N–H and O–H groups in total. The summed E-state index contributed by atoms with van der Waals surface area (Å²) in [6.45, 7) is 0. The molecule has 0 bridgehead atoms. The molecule has 0 aliphatic carbocycles. The molecule has 0 radical (unpaired) electrons. The smallest absolute Gasteiger partial charge is 0.216 e. The standard InChI is InChI=1S/C13H12Br2N2O2/c1-19-13-6-9(16-7-17-13)5-12(18)10-3-2-8(14)4-11(10)15/h2-4,6-7,12,18H,5H2,1H3. The van der Waals surface area contributed by atoms with Crippen LogP contribution in [0.3, 0.4) is 0 Å². The molecule has 2 rings (SSSR count). The van der Waals surface area contributed by atoms with Gasteiger partial charge in [-0.05, 0) is 17.7 Å².